The smallest absolute Gasteiger partial charge is 0.225 e. The van der Waals surface area contributed by atoms with Gasteiger partial charge in [-0.25, -0.2) is 9.97 Å². The number of piperidine rings is 1. The fraction of sp³-hybridized carbons (Fsp3) is 0.600. The van der Waals surface area contributed by atoms with Crippen LogP contribution in [0.5, 0.6) is 0 Å². The Hall–Kier alpha value is -1.20. The highest BCUT2D eigenvalue weighted by Crippen LogP contribution is 2.15. The first kappa shape index (κ1) is 10.3. The van der Waals surface area contributed by atoms with Crippen molar-refractivity contribution in [3.63, 3.8) is 0 Å². The van der Waals surface area contributed by atoms with Gasteiger partial charge < -0.3 is 15.7 Å². The van der Waals surface area contributed by atoms with Gasteiger partial charge in [0.25, 0.3) is 0 Å². The van der Waals surface area contributed by atoms with Crippen molar-refractivity contribution in [3.8, 4) is 0 Å². The molecule has 2 rings (SSSR count). The van der Waals surface area contributed by atoms with Crippen LogP contribution in [0.25, 0.3) is 0 Å². The topological polar surface area (TPSA) is 75.3 Å². The van der Waals surface area contributed by atoms with E-state index in [9.17, 15) is 5.11 Å². The molecule has 1 aromatic rings. The Morgan fingerprint density at radius 3 is 2.87 bits per heavy atom. The number of aliphatic hydroxyl groups excluding tert-OH is 1. The minimum absolute atomic E-state index is 0.168. The highest BCUT2D eigenvalue weighted by Gasteiger charge is 2.18. The predicted molar refractivity (Wildman–Crippen MR) is 57.4 cm³/mol. The van der Waals surface area contributed by atoms with Gasteiger partial charge in [0.05, 0.1) is 11.8 Å². The molecule has 15 heavy (non-hydrogen) atoms. The van der Waals surface area contributed by atoms with Crippen LogP contribution in [0, 0.1) is 0 Å². The third kappa shape index (κ3) is 2.43. The first-order chi connectivity index (χ1) is 7.29. The van der Waals surface area contributed by atoms with Crippen molar-refractivity contribution in [2.24, 2.45) is 5.73 Å². The van der Waals surface area contributed by atoms with E-state index < -0.39 is 0 Å². The first-order valence-electron chi connectivity index (χ1n) is 5.24. The van der Waals surface area contributed by atoms with Gasteiger partial charge >= 0.3 is 0 Å². The lowest BCUT2D eigenvalue weighted by Gasteiger charge is -2.29. The summed E-state index contributed by atoms with van der Waals surface area (Å²) in [5, 5.41) is 9.39. The molecule has 5 nitrogen and oxygen atoms in total. The summed E-state index contributed by atoms with van der Waals surface area (Å²) < 4.78 is 0. The van der Waals surface area contributed by atoms with Gasteiger partial charge in [-0.15, -0.1) is 0 Å². The zero-order valence-electron chi connectivity index (χ0n) is 8.63. The minimum atomic E-state index is -0.168. The van der Waals surface area contributed by atoms with E-state index in [-0.39, 0.29) is 6.10 Å². The number of aliphatic hydroxyl groups is 1. The first-order valence-corrected chi connectivity index (χ1v) is 5.24. The van der Waals surface area contributed by atoms with Gasteiger partial charge in [0.15, 0.2) is 0 Å². The summed E-state index contributed by atoms with van der Waals surface area (Å²) >= 11 is 0. The SMILES string of the molecule is NCc1ccnc(N2CCC(O)CC2)n1. The lowest BCUT2D eigenvalue weighted by molar-refractivity contribution is 0.145. The van der Waals surface area contributed by atoms with Gasteiger partial charge in [0.2, 0.25) is 5.95 Å². The second kappa shape index (κ2) is 4.55. The predicted octanol–water partition coefficient (Wildman–Crippen LogP) is -0.104. The highest BCUT2D eigenvalue weighted by molar-refractivity contribution is 5.30. The largest absolute Gasteiger partial charge is 0.393 e. The van der Waals surface area contributed by atoms with Crippen molar-refractivity contribution in [2.45, 2.75) is 25.5 Å². The van der Waals surface area contributed by atoms with Gasteiger partial charge in [-0.05, 0) is 18.9 Å². The molecule has 5 heteroatoms. The molecular formula is C10H16N4O. The average molecular weight is 208 g/mol. The molecule has 0 aliphatic carbocycles. The molecule has 1 aliphatic rings. The molecule has 1 aliphatic heterocycles. The van der Waals surface area contributed by atoms with Gasteiger partial charge in [-0.2, -0.15) is 0 Å². The van der Waals surface area contributed by atoms with E-state index in [1.54, 1.807) is 6.20 Å². The average Bonchev–Trinajstić information content (AvgIpc) is 2.30. The minimum Gasteiger partial charge on any atom is -0.393 e. The van der Waals surface area contributed by atoms with Crippen LogP contribution in [-0.4, -0.2) is 34.3 Å². The Balaban J connectivity index is 2.08. The number of aromatic nitrogens is 2. The quantitative estimate of drug-likeness (QED) is 0.709. The molecule has 1 aromatic heterocycles. The summed E-state index contributed by atoms with van der Waals surface area (Å²) in [5.74, 6) is 0.727. The van der Waals surface area contributed by atoms with Crippen LogP contribution in [0.3, 0.4) is 0 Å². The Kier molecular flexibility index (Phi) is 3.13. The zero-order chi connectivity index (χ0) is 10.7. The van der Waals surface area contributed by atoms with E-state index in [1.807, 2.05) is 6.07 Å². The van der Waals surface area contributed by atoms with Gasteiger partial charge in [-0.3, -0.25) is 0 Å². The Labute approximate surface area is 88.9 Å². The molecular weight excluding hydrogens is 192 g/mol. The molecule has 0 atom stereocenters. The van der Waals surface area contributed by atoms with Gasteiger partial charge in [0, 0.05) is 25.8 Å². The monoisotopic (exact) mass is 208 g/mol. The van der Waals surface area contributed by atoms with Crippen LogP contribution in [0.4, 0.5) is 5.95 Å². The number of hydrogen-bond donors (Lipinski definition) is 2. The number of nitrogens with zero attached hydrogens (tertiary/aromatic N) is 3. The molecule has 0 bridgehead atoms. The number of hydrogen-bond acceptors (Lipinski definition) is 5. The van der Waals surface area contributed by atoms with E-state index in [0.717, 1.165) is 37.6 Å². The molecule has 1 saturated heterocycles. The van der Waals surface area contributed by atoms with Crippen LogP contribution in [0.15, 0.2) is 12.3 Å². The molecule has 3 N–H and O–H groups in total. The van der Waals surface area contributed by atoms with E-state index in [2.05, 4.69) is 14.9 Å². The standard InChI is InChI=1S/C10H16N4O/c11-7-8-1-4-12-10(13-8)14-5-2-9(15)3-6-14/h1,4,9,15H,2-3,5-7,11H2. The maximum Gasteiger partial charge on any atom is 0.225 e. The molecule has 0 spiro atoms. The molecule has 0 aromatic carbocycles. The number of rotatable bonds is 2. The third-order valence-corrected chi connectivity index (χ3v) is 2.66. The molecule has 0 radical (unpaired) electrons. The second-order valence-electron chi connectivity index (χ2n) is 3.77. The van der Waals surface area contributed by atoms with Gasteiger partial charge in [-0.1, -0.05) is 0 Å². The Morgan fingerprint density at radius 2 is 2.20 bits per heavy atom. The van der Waals surface area contributed by atoms with Crippen molar-refractivity contribution in [2.75, 3.05) is 18.0 Å². The van der Waals surface area contributed by atoms with Crippen LogP contribution in [0.2, 0.25) is 0 Å². The summed E-state index contributed by atoms with van der Waals surface area (Å²) in [7, 11) is 0. The number of anilines is 1. The molecule has 2 heterocycles. The third-order valence-electron chi connectivity index (χ3n) is 2.66. The zero-order valence-corrected chi connectivity index (χ0v) is 8.63. The molecule has 0 amide bonds. The van der Waals surface area contributed by atoms with E-state index in [0.29, 0.717) is 6.54 Å². The van der Waals surface area contributed by atoms with Gasteiger partial charge in [0.1, 0.15) is 0 Å². The van der Waals surface area contributed by atoms with E-state index >= 15 is 0 Å². The maximum atomic E-state index is 9.39. The molecule has 82 valence electrons. The fourth-order valence-corrected chi connectivity index (χ4v) is 1.72. The van der Waals surface area contributed by atoms with Crippen molar-refractivity contribution in [1.82, 2.24) is 9.97 Å². The van der Waals surface area contributed by atoms with E-state index in [1.165, 1.54) is 0 Å². The maximum absolute atomic E-state index is 9.39. The fourth-order valence-electron chi connectivity index (χ4n) is 1.72. The van der Waals surface area contributed by atoms with Crippen LogP contribution < -0.4 is 10.6 Å². The Bertz CT molecular complexity index is 323. The normalized spacial score (nSPS) is 18.1. The second-order valence-corrected chi connectivity index (χ2v) is 3.77. The Morgan fingerprint density at radius 1 is 1.47 bits per heavy atom. The highest BCUT2D eigenvalue weighted by atomic mass is 16.3. The van der Waals surface area contributed by atoms with Crippen molar-refractivity contribution in [1.29, 1.82) is 0 Å². The number of nitrogens with two attached hydrogens (primary N) is 1. The summed E-state index contributed by atoms with van der Waals surface area (Å²) in [4.78, 5) is 10.7. The van der Waals surface area contributed by atoms with E-state index in [4.69, 9.17) is 5.73 Å². The van der Waals surface area contributed by atoms with Crippen LogP contribution in [0.1, 0.15) is 18.5 Å². The van der Waals surface area contributed by atoms with Crippen LogP contribution >= 0.6 is 0 Å². The summed E-state index contributed by atoms with van der Waals surface area (Å²) in [6.45, 7) is 2.07. The van der Waals surface area contributed by atoms with Crippen molar-refractivity contribution in [3.05, 3.63) is 18.0 Å². The molecule has 0 saturated carbocycles. The molecule has 0 unspecified atom stereocenters. The lowest BCUT2D eigenvalue weighted by atomic mass is 10.1. The summed E-state index contributed by atoms with van der Waals surface area (Å²) in [5.41, 5.74) is 6.37. The lowest BCUT2D eigenvalue weighted by Crippen LogP contribution is -2.37. The van der Waals surface area contributed by atoms with Crippen LogP contribution in [-0.2, 0) is 6.54 Å². The molecule has 1 fully saturated rings. The van der Waals surface area contributed by atoms with Crippen molar-refractivity contribution >= 4 is 5.95 Å². The summed E-state index contributed by atoms with van der Waals surface area (Å²) in [6, 6.07) is 1.82. The van der Waals surface area contributed by atoms with Crippen molar-refractivity contribution < 1.29 is 5.11 Å². The summed E-state index contributed by atoms with van der Waals surface area (Å²) in [6.07, 6.45) is 3.14.